The summed E-state index contributed by atoms with van der Waals surface area (Å²) in [7, 11) is 1.28. The van der Waals surface area contributed by atoms with E-state index in [9.17, 15) is 19.5 Å². The molecule has 24 heavy (non-hydrogen) atoms. The number of hydrogen-bond acceptors (Lipinski definition) is 5. The van der Waals surface area contributed by atoms with Crippen LogP contribution in [0.2, 0.25) is 0 Å². The molecule has 1 aromatic heterocycles. The summed E-state index contributed by atoms with van der Waals surface area (Å²) in [5.41, 5.74) is 0.477. The lowest BCUT2D eigenvalue weighted by Crippen LogP contribution is -2.36. The number of nitrogens with one attached hydrogen (secondary N) is 1. The number of amides is 1. The van der Waals surface area contributed by atoms with Crippen molar-refractivity contribution in [3.63, 3.8) is 0 Å². The fourth-order valence-electron chi connectivity index (χ4n) is 2.09. The first kappa shape index (κ1) is 17.4. The van der Waals surface area contributed by atoms with Gasteiger partial charge in [0.1, 0.15) is 0 Å². The Morgan fingerprint density at radius 3 is 2.46 bits per heavy atom. The van der Waals surface area contributed by atoms with Crippen molar-refractivity contribution in [2.75, 3.05) is 13.7 Å². The van der Waals surface area contributed by atoms with E-state index in [4.69, 9.17) is 0 Å². The summed E-state index contributed by atoms with van der Waals surface area (Å²) in [6, 6.07) is 10.7. The van der Waals surface area contributed by atoms with Crippen molar-refractivity contribution in [1.82, 2.24) is 9.88 Å². The van der Waals surface area contributed by atoms with E-state index in [0.717, 1.165) is 0 Å². The largest absolute Gasteiger partial charge is 0.465 e. The van der Waals surface area contributed by atoms with E-state index < -0.39 is 12.1 Å². The van der Waals surface area contributed by atoms with Gasteiger partial charge < -0.3 is 19.7 Å². The molecule has 0 aliphatic heterocycles. The van der Waals surface area contributed by atoms with E-state index in [1.807, 2.05) is 0 Å². The van der Waals surface area contributed by atoms with Crippen molar-refractivity contribution >= 4 is 11.9 Å². The van der Waals surface area contributed by atoms with Crippen molar-refractivity contribution < 1.29 is 19.4 Å². The summed E-state index contributed by atoms with van der Waals surface area (Å²) in [5, 5.41) is 12.5. The number of aromatic nitrogens is 1. The van der Waals surface area contributed by atoms with Crippen LogP contribution < -0.4 is 10.9 Å². The summed E-state index contributed by atoms with van der Waals surface area (Å²) < 4.78 is 5.94. The first-order valence-electron chi connectivity index (χ1n) is 7.31. The van der Waals surface area contributed by atoms with Crippen LogP contribution in [0, 0.1) is 0 Å². The summed E-state index contributed by atoms with van der Waals surface area (Å²) in [6.45, 7) is 0.0835. The number of aliphatic hydroxyl groups is 1. The van der Waals surface area contributed by atoms with Gasteiger partial charge in [-0.1, -0.05) is 6.07 Å². The van der Waals surface area contributed by atoms with Gasteiger partial charge in [0.05, 0.1) is 25.3 Å². The number of ether oxygens (including phenoxy) is 1. The molecule has 0 unspecified atom stereocenters. The highest BCUT2D eigenvalue weighted by molar-refractivity contribution is 5.96. The Morgan fingerprint density at radius 1 is 1.17 bits per heavy atom. The van der Waals surface area contributed by atoms with Gasteiger partial charge in [0.2, 0.25) is 0 Å². The van der Waals surface area contributed by atoms with Crippen molar-refractivity contribution in [1.29, 1.82) is 0 Å². The quantitative estimate of drug-likeness (QED) is 0.749. The van der Waals surface area contributed by atoms with Gasteiger partial charge in [0, 0.05) is 24.4 Å². The average Bonchev–Trinajstić information content (AvgIpc) is 2.61. The van der Waals surface area contributed by atoms with Crippen molar-refractivity contribution in [2.45, 2.75) is 12.6 Å². The highest BCUT2D eigenvalue weighted by Crippen LogP contribution is 2.05. The molecule has 0 aliphatic carbocycles. The van der Waals surface area contributed by atoms with E-state index in [2.05, 4.69) is 10.1 Å². The van der Waals surface area contributed by atoms with Crippen LogP contribution in [-0.2, 0) is 11.3 Å². The van der Waals surface area contributed by atoms with E-state index in [0.29, 0.717) is 11.1 Å². The van der Waals surface area contributed by atoms with E-state index in [1.165, 1.54) is 42.0 Å². The monoisotopic (exact) mass is 330 g/mol. The third-order valence-electron chi connectivity index (χ3n) is 3.37. The topological polar surface area (TPSA) is 97.6 Å². The second kappa shape index (κ2) is 8.07. The van der Waals surface area contributed by atoms with Crippen LogP contribution in [0.3, 0.4) is 0 Å². The Kier molecular flexibility index (Phi) is 5.86. The SMILES string of the molecule is COC(=O)c1ccc(C(=O)NC[C@H](O)Cn2ccccc2=O)cc1. The molecule has 0 fully saturated rings. The predicted octanol–water partition coefficient (Wildman–Crippen LogP) is 0.426. The first-order chi connectivity index (χ1) is 11.5. The van der Waals surface area contributed by atoms with Crippen LogP contribution in [0.25, 0.3) is 0 Å². The normalized spacial score (nSPS) is 11.6. The molecule has 0 spiro atoms. The third-order valence-corrected chi connectivity index (χ3v) is 3.37. The predicted molar refractivity (Wildman–Crippen MR) is 86.8 cm³/mol. The molecule has 0 saturated carbocycles. The lowest BCUT2D eigenvalue weighted by atomic mass is 10.1. The first-order valence-corrected chi connectivity index (χ1v) is 7.31. The number of carbonyl (C=O) groups is 2. The molecule has 7 heteroatoms. The number of hydrogen-bond donors (Lipinski definition) is 2. The number of methoxy groups -OCH3 is 1. The van der Waals surface area contributed by atoms with Crippen molar-refractivity contribution in [3.8, 4) is 0 Å². The summed E-state index contributed by atoms with van der Waals surface area (Å²) in [6.07, 6.45) is 0.669. The third kappa shape index (κ3) is 4.53. The number of rotatable bonds is 6. The number of carbonyl (C=O) groups excluding carboxylic acids is 2. The molecule has 0 radical (unpaired) electrons. The molecule has 2 rings (SSSR count). The minimum atomic E-state index is -0.900. The fraction of sp³-hybridized carbons (Fsp3) is 0.235. The van der Waals surface area contributed by atoms with Crippen LogP contribution in [0.15, 0.2) is 53.5 Å². The van der Waals surface area contributed by atoms with Gasteiger partial charge in [0.15, 0.2) is 0 Å². The molecular formula is C17H18N2O5. The maximum atomic E-state index is 12.0. The van der Waals surface area contributed by atoms with Gasteiger partial charge in [-0.15, -0.1) is 0 Å². The minimum Gasteiger partial charge on any atom is -0.465 e. The molecule has 2 aromatic rings. The Bertz CT molecular complexity index is 767. The molecule has 0 saturated heterocycles. The van der Waals surface area contributed by atoms with E-state index in [1.54, 1.807) is 18.3 Å². The Morgan fingerprint density at radius 2 is 1.83 bits per heavy atom. The van der Waals surface area contributed by atoms with Crippen LogP contribution in [0.1, 0.15) is 20.7 Å². The summed E-state index contributed by atoms with van der Waals surface area (Å²) in [5.74, 6) is -0.864. The fourth-order valence-corrected chi connectivity index (χ4v) is 2.09. The average molecular weight is 330 g/mol. The van der Waals surface area contributed by atoms with Gasteiger partial charge in [-0.3, -0.25) is 9.59 Å². The van der Waals surface area contributed by atoms with Gasteiger partial charge in [-0.05, 0) is 30.3 Å². The lowest BCUT2D eigenvalue weighted by Gasteiger charge is -2.13. The Hall–Kier alpha value is -2.93. The molecule has 1 heterocycles. The minimum absolute atomic E-state index is 0.00107. The zero-order chi connectivity index (χ0) is 17.5. The number of aliphatic hydroxyl groups excluding tert-OH is 1. The lowest BCUT2D eigenvalue weighted by molar-refractivity contribution is 0.0600. The molecule has 1 amide bonds. The highest BCUT2D eigenvalue weighted by atomic mass is 16.5. The maximum absolute atomic E-state index is 12.0. The number of esters is 1. The Labute approximate surface area is 138 Å². The van der Waals surface area contributed by atoms with Gasteiger partial charge >= 0.3 is 5.97 Å². The van der Waals surface area contributed by atoms with E-state index >= 15 is 0 Å². The second-order valence-corrected chi connectivity index (χ2v) is 5.12. The summed E-state index contributed by atoms with van der Waals surface area (Å²) >= 11 is 0. The van der Waals surface area contributed by atoms with Crippen molar-refractivity contribution in [3.05, 3.63) is 70.1 Å². The van der Waals surface area contributed by atoms with Crippen LogP contribution in [0.5, 0.6) is 0 Å². The van der Waals surface area contributed by atoms with Gasteiger partial charge in [-0.2, -0.15) is 0 Å². The van der Waals surface area contributed by atoms with Crippen LogP contribution in [0.4, 0.5) is 0 Å². The molecule has 0 aliphatic rings. The van der Waals surface area contributed by atoms with Gasteiger partial charge in [-0.25, -0.2) is 4.79 Å². The second-order valence-electron chi connectivity index (χ2n) is 5.12. The zero-order valence-corrected chi connectivity index (χ0v) is 13.1. The molecule has 0 bridgehead atoms. The van der Waals surface area contributed by atoms with Gasteiger partial charge in [0.25, 0.3) is 11.5 Å². The maximum Gasteiger partial charge on any atom is 0.337 e. The van der Waals surface area contributed by atoms with Crippen LogP contribution >= 0.6 is 0 Å². The van der Waals surface area contributed by atoms with Crippen LogP contribution in [-0.4, -0.2) is 41.3 Å². The van der Waals surface area contributed by atoms with Crippen molar-refractivity contribution in [2.24, 2.45) is 0 Å². The molecule has 7 nitrogen and oxygen atoms in total. The molecular weight excluding hydrogens is 312 g/mol. The molecule has 1 aromatic carbocycles. The molecule has 2 N–H and O–H groups in total. The smallest absolute Gasteiger partial charge is 0.337 e. The number of benzene rings is 1. The molecule has 126 valence electrons. The zero-order valence-electron chi connectivity index (χ0n) is 13.1. The standard InChI is InChI=1S/C17H18N2O5/c1-24-17(23)13-7-5-12(6-8-13)16(22)18-10-14(20)11-19-9-3-2-4-15(19)21/h2-9,14,20H,10-11H2,1H3,(H,18,22)/t14-/m0/s1. The molecule has 1 atom stereocenters. The summed E-state index contributed by atoms with van der Waals surface area (Å²) in [4.78, 5) is 34.9. The number of nitrogens with zero attached hydrogens (tertiary/aromatic N) is 1. The number of pyridine rings is 1. The van der Waals surface area contributed by atoms with E-state index in [-0.39, 0.29) is 24.6 Å². The Balaban J connectivity index is 1.89. The highest BCUT2D eigenvalue weighted by Gasteiger charge is 2.11.